The SMILES string of the molecule is CC/C=C\C/C=C\C/C=C\C/C=C\C/C=C\C/C=C\C/C=C\C/C=C\C/C=C\C/C=C\CCCCCCCCC(=O)NC(COC1OC(CO)C(O)C(O)C1O)C(O)CCCCCCCCC. The topological polar surface area (TPSA) is 149 Å². The lowest BCUT2D eigenvalue weighted by atomic mass is 9.99. The number of hydrogen-bond acceptors (Lipinski definition) is 8. The largest absolute Gasteiger partial charge is 0.394 e. The summed E-state index contributed by atoms with van der Waals surface area (Å²) in [6.45, 7) is 3.63. The van der Waals surface area contributed by atoms with E-state index < -0.39 is 49.5 Å². The maximum absolute atomic E-state index is 12.9. The molecule has 0 aromatic rings. The van der Waals surface area contributed by atoms with Crippen LogP contribution in [-0.4, -0.2) is 87.5 Å². The Morgan fingerprint density at radius 1 is 0.522 bits per heavy atom. The lowest BCUT2D eigenvalue weighted by molar-refractivity contribution is -0.302. The minimum atomic E-state index is -1.56. The molecule has 1 saturated heterocycles. The molecule has 1 fully saturated rings. The van der Waals surface area contributed by atoms with Crippen LogP contribution in [0.5, 0.6) is 0 Å². The zero-order valence-corrected chi connectivity index (χ0v) is 41.8. The standard InChI is InChI=1S/C58H95NO8/c1-3-5-7-9-11-12-13-14-15-16-17-18-19-20-21-22-23-24-25-26-27-28-29-30-31-32-33-34-35-36-37-38-39-40-42-44-46-48-54(62)59-51(52(61)47-45-43-41-10-8-6-4-2)50-66-58-57(65)56(64)55(63)53(49-60)67-58/h5,7,11-12,14-15,17-18,20-21,23-24,26-27,29-30,32-33,35-36,51-53,55-58,60-61,63-65H,3-4,6,8-10,13,16,19,22,25,28,31,34,37-50H2,1-2H3,(H,59,62)/b7-5-,12-11-,15-14-,18-17-,21-20-,24-23-,27-26-,30-29-,33-32-,36-35-. The first-order valence-corrected chi connectivity index (χ1v) is 26.2. The molecule has 7 unspecified atom stereocenters. The van der Waals surface area contributed by atoms with Crippen molar-refractivity contribution in [3.63, 3.8) is 0 Å². The van der Waals surface area contributed by atoms with E-state index >= 15 is 0 Å². The summed E-state index contributed by atoms with van der Waals surface area (Å²) in [7, 11) is 0. The summed E-state index contributed by atoms with van der Waals surface area (Å²) in [5.41, 5.74) is 0. The minimum Gasteiger partial charge on any atom is -0.394 e. The minimum absolute atomic E-state index is 0.153. The van der Waals surface area contributed by atoms with E-state index in [1.54, 1.807) is 0 Å². The molecular weight excluding hydrogens is 839 g/mol. The van der Waals surface area contributed by atoms with Crippen molar-refractivity contribution in [3.05, 3.63) is 122 Å². The summed E-state index contributed by atoms with van der Waals surface area (Å²) in [4.78, 5) is 12.9. The fourth-order valence-corrected chi connectivity index (χ4v) is 7.42. The van der Waals surface area contributed by atoms with Crippen molar-refractivity contribution in [2.45, 2.75) is 224 Å². The first-order chi connectivity index (χ1) is 32.8. The summed E-state index contributed by atoms with van der Waals surface area (Å²) in [5, 5.41) is 54.1. The normalized spacial score (nSPS) is 20.7. The van der Waals surface area contributed by atoms with Crippen molar-refractivity contribution in [1.82, 2.24) is 5.32 Å². The Morgan fingerprint density at radius 3 is 1.37 bits per heavy atom. The van der Waals surface area contributed by atoms with Crippen LogP contribution in [0.1, 0.15) is 181 Å². The molecule has 0 bridgehead atoms. The smallest absolute Gasteiger partial charge is 0.220 e. The van der Waals surface area contributed by atoms with Gasteiger partial charge in [-0.2, -0.15) is 0 Å². The molecule has 7 atom stereocenters. The molecule has 0 aliphatic carbocycles. The summed E-state index contributed by atoms with van der Waals surface area (Å²) >= 11 is 0. The predicted octanol–water partition coefficient (Wildman–Crippen LogP) is 12.4. The molecule has 1 heterocycles. The summed E-state index contributed by atoms with van der Waals surface area (Å²) < 4.78 is 11.2. The number of carbonyl (C=O) groups excluding carboxylic acids is 1. The fraction of sp³-hybridized carbons (Fsp3) is 0.638. The number of allylic oxidation sites excluding steroid dienone is 20. The first-order valence-electron chi connectivity index (χ1n) is 26.2. The van der Waals surface area contributed by atoms with E-state index in [9.17, 15) is 30.3 Å². The molecular formula is C58H95NO8. The van der Waals surface area contributed by atoms with Crippen molar-refractivity contribution < 1.29 is 39.8 Å². The number of aliphatic hydroxyl groups excluding tert-OH is 5. The van der Waals surface area contributed by atoms with E-state index in [4.69, 9.17) is 9.47 Å². The lowest BCUT2D eigenvalue weighted by Crippen LogP contribution is -2.60. The van der Waals surface area contributed by atoms with Crippen LogP contribution in [0.2, 0.25) is 0 Å². The summed E-state index contributed by atoms with van der Waals surface area (Å²) in [6, 6.07) is -0.732. The second kappa shape index (κ2) is 46.3. The van der Waals surface area contributed by atoms with Gasteiger partial charge in [-0.25, -0.2) is 0 Å². The molecule has 0 saturated carbocycles. The first kappa shape index (κ1) is 61.6. The van der Waals surface area contributed by atoms with E-state index in [2.05, 4.69) is 141 Å². The molecule has 0 radical (unpaired) electrons. The molecule has 6 N–H and O–H groups in total. The highest BCUT2D eigenvalue weighted by molar-refractivity contribution is 5.76. The van der Waals surface area contributed by atoms with Gasteiger partial charge in [0.2, 0.25) is 5.91 Å². The second-order valence-corrected chi connectivity index (χ2v) is 17.6. The van der Waals surface area contributed by atoms with Crippen molar-refractivity contribution in [3.8, 4) is 0 Å². The van der Waals surface area contributed by atoms with Gasteiger partial charge in [-0.3, -0.25) is 4.79 Å². The molecule has 0 aromatic carbocycles. The predicted molar refractivity (Wildman–Crippen MR) is 280 cm³/mol. The van der Waals surface area contributed by atoms with Crippen LogP contribution >= 0.6 is 0 Å². The summed E-state index contributed by atoms with van der Waals surface area (Å²) in [6.07, 6.45) is 62.5. The molecule has 380 valence electrons. The lowest BCUT2D eigenvalue weighted by Gasteiger charge is -2.40. The second-order valence-electron chi connectivity index (χ2n) is 17.6. The Kier molecular flexibility index (Phi) is 42.6. The molecule has 1 aliphatic heterocycles. The van der Waals surface area contributed by atoms with Crippen molar-refractivity contribution >= 4 is 5.91 Å². The van der Waals surface area contributed by atoms with Crippen LogP contribution in [0.25, 0.3) is 0 Å². The van der Waals surface area contributed by atoms with Crippen molar-refractivity contribution in [2.75, 3.05) is 13.2 Å². The van der Waals surface area contributed by atoms with E-state index in [0.29, 0.717) is 12.8 Å². The maximum atomic E-state index is 12.9. The highest BCUT2D eigenvalue weighted by atomic mass is 16.7. The Bertz CT molecular complexity index is 1460. The van der Waals surface area contributed by atoms with Crippen LogP contribution in [-0.2, 0) is 14.3 Å². The molecule has 9 heteroatoms. The highest BCUT2D eigenvalue weighted by Gasteiger charge is 2.44. The van der Waals surface area contributed by atoms with Gasteiger partial charge in [0.05, 0.1) is 25.4 Å². The quantitative estimate of drug-likeness (QED) is 0.0262. The van der Waals surface area contributed by atoms with Gasteiger partial charge in [0.15, 0.2) is 6.29 Å². The van der Waals surface area contributed by atoms with Gasteiger partial charge in [-0.15, -0.1) is 0 Å². The number of unbranched alkanes of at least 4 members (excludes halogenated alkanes) is 12. The van der Waals surface area contributed by atoms with Crippen molar-refractivity contribution in [2.24, 2.45) is 0 Å². The number of aliphatic hydroxyl groups is 5. The third kappa shape index (κ3) is 36.3. The Hall–Kier alpha value is -3.41. The van der Waals surface area contributed by atoms with Crippen LogP contribution in [0.3, 0.4) is 0 Å². The van der Waals surface area contributed by atoms with Crippen LogP contribution in [0.15, 0.2) is 122 Å². The number of nitrogens with one attached hydrogen (secondary N) is 1. The van der Waals surface area contributed by atoms with Gasteiger partial charge >= 0.3 is 0 Å². The fourth-order valence-electron chi connectivity index (χ4n) is 7.42. The highest BCUT2D eigenvalue weighted by Crippen LogP contribution is 2.23. The monoisotopic (exact) mass is 934 g/mol. The van der Waals surface area contributed by atoms with E-state index in [1.807, 2.05) is 0 Å². The zero-order chi connectivity index (χ0) is 48.7. The molecule has 9 nitrogen and oxygen atoms in total. The molecule has 0 spiro atoms. The number of ether oxygens (including phenoxy) is 2. The Morgan fingerprint density at radius 2 is 0.925 bits per heavy atom. The van der Waals surface area contributed by atoms with Gasteiger partial charge in [0, 0.05) is 6.42 Å². The van der Waals surface area contributed by atoms with Crippen LogP contribution in [0.4, 0.5) is 0 Å². The Labute approximate surface area is 408 Å². The zero-order valence-electron chi connectivity index (χ0n) is 41.8. The van der Waals surface area contributed by atoms with Gasteiger partial charge in [0.1, 0.15) is 24.4 Å². The number of hydrogen-bond donors (Lipinski definition) is 6. The van der Waals surface area contributed by atoms with Crippen molar-refractivity contribution in [1.29, 1.82) is 0 Å². The third-order valence-corrected chi connectivity index (χ3v) is 11.6. The molecule has 1 amide bonds. The van der Waals surface area contributed by atoms with Gasteiger partial charge in [-0.1, -0.05) is 206 Å². The maximum Gasteiger partial charge on any atom is 0.220 e. The van der Waals surface area contributed by atoms with E-state index in [0.717, 1.165) is 128 Å². The van der Waals surface area contributed by atoms with Crippen LogP contribution < -0.4 is 5.32 Å². The molecule has 1 rings (SSSR count). The molecule has 0 aromatic heterocycles. The van der Waals surface area contributed by atoms with E-state index in [1.165, 1.54) is 25.7 Å². The molecule has 67 heavy (non-hydrogen) atoms. The number of rotatable bonds is 42. The average molecular weight is 934 g/mol. The number of amides is 1. The Balaban J connectivity index is 2.14. The number of carbonyl (C=O) groups is 1. The van der Waals surface area contributed by atoms with Gasteiger partial charge in [-0.05, 0) is 89.9 Å². The summed E-state index contributed by atoms with van der Waals surface area (Å²) in [5.74, 6) is -0.170. The average Bonchev–Trinajstić information content (AvgIpc) is 3.33. The van der Waals surface area contributed by atoms with Gasteiger partial charge < -0.3 is 40.3 Å². The van der Waals surface area contributed by atoms with E-state index in [-0.39, 0.29) is 12.5 Å². The third-order valence-electron chi connectivity index (χ3n) is 11.6. The molecule has 1 aliphatic rings. The van der Waals surface area contributed by atoms with Crippen LogP contribution in [0, 0.1) is 0 Å². The van der Waals surface area contributed by atoms with Gasteiger partial charge in [0.25, 0.3) is 0 Å².